The quantitative estimate of drug-likeness (QED) is 0.556. The molecule has 0 aliphatic rings. The number of hydrogen-bond acceptors (Lipinski definition) is 2. The summed E-state index contributed by atoms with van der Waals surface area (Å²) >= 11 is 5.67. The molecule has 0 saturated heterocycles. The summed E-state index contributed by atoms with van der Waals surface area (Å²) in [7, 11) is 0. The molecule has 0 atom stereocenters. The molecule has 2 rings (SSSR count). The van der Waals surface area contributed by atoms with E-state index in [2.05, 4.69) is 16.2 Å². The lowest BCUT2D eigenvalue weighted by atomic mass is 10.3. The SMILES string of the molecule is Clc1ccc2c[c]ncc2n1. The van der Waals surface area contributed by atoms with Gasteiger partial charge in [-0.15, -0.1) is 0 Å². The molecule has 0 saturated carbocycles. The average molecular weight is 164 g/mol. The summed E-state index contributed by atoms with van der Waals surface area (Å²) in [5.41, 5.74) is 0.802. The van der Waals surface area contributed by atoms with Gasteiger partial charge in [-0.25, -0.2) is 4.98 Å². The van der Waals surface area contributed by atoms with E-state index in [1.54, 1.807) is 18.3 Å². The zero-order valence-electron chi connectivity index (χ0n) is 5.58. The maximum absolute atomic E-state index is 5.67. The first-order valence-electron chi connectivity index (χ1n) is 3.14. The molecule has 0 aliphatic heterocycles. The fraction of sp³-hybridized carbons (Fsp3) is 0. The van der Waals surface area contributed by atoms with Gasteiger partial charge in [0.15, 0.2) is 0 Å². The molecule has 3 heteroatoms. The van der Waals surface area contributed by atoms with Crippen LogP contribution in [0.25, 0.3) is 10.9 Å². The zero-order valence-corrected chi connectivity index (χ0v) is 6.34. The van der Waals surface area contributed by atoms with Crippen LogP contribution in [0.2, 0.25) is 5.15 Å². The molecule has 0 aromatic carbocycles. The van der Waals surface area contributed by atoms with Gasteiger partial charge in [0.2, 0.25) is 0 Å². The Hall–Kier alpha value is -1.15. The van der Waals surface area contributed by atoms with Crippen molar-refractivity contribution in [2.75, 3.05) is 0 Å². The van der Waals surface area contributed by atoms with Crippen molar-refractivity contribution in [1.29, 1.82) is 0 Å². The summed E-state index contributed by atoms with van der Waals surface area (Å²) in [6.07, 6.45) is 4.36. The lowest BCUT2D eigenvalue weighted by molar-refractivity contribution is 1.30. The molecule has 2 aromatic heterocycles. The summed E-state index contributed by atoms with van der Waals surface area (Å²) < 4.78 is 0. The molecule has 2 nitrogen and oxygen atoms in total. The van der Waals surface area contributed by atoms with E-state index < -0.39 is 0 Å². The third-order valence-corrected chi connectivity index (χ3v) is 1.62. The van der Waals surface area contributed by atoms with Gasteiger partial charge in [-0.3, -0.25) is 4.98 Å². The van der Waals surface area contributed by atoms with Gasteiger partial charge in [-0.2, -0.15) is 0 Å². The molecule has 1 radical (unpaired) electrons. The number of halogens is 1. The summed E-state index contributed by atoms with van der Waals surface area (Å²) in [4.78, 5) is 7.87. The van der Waals surface area contributed by atoms with Crippen molar-refractivity contribution < 1.29 is 0 Å². The van der Waals surface area contributed by atoms with Gasteiger partial charge in [0, 0.05) is 5.39 Å². The number of pyridine rings is 2. The summed E-state index contributed by atoms with van der Waals surface area (Å²) in [5.74, 6) is 0. The molecule has 0 amide bonds. The Bertz CT molecular complexity index is 387. The number of hydrogen-bond donors (Lipinski definition) is 0. The van der Waals surface area contributed by atoms with Crippen LogP contribution in [-0.4, -0.2) is 9.97 Å². The topological polar surface area (TPSA) is 25.8 Å². The predicted molar refractivity (Wildman–Crippen MR) is 43.4 cm³/mol. The van der Waals surface area contributed by atoms with E-state index in [4.69, 9.17) is 11.6 Å². The first-order chi connectivity index (χ1) is 5.36. The Morgan fingerprint density at radius 2 is 2.27 bits per heavy atom. The molecule has 0 aliphatic carbocycles. The van der Waals surface area contributed by atoms with Crippen molar-refractivity contribution in [2.45, 2.75) is 0 Å². The van der Waals surface area contributed by atoms with Gasteiger partial charge in [-0.1, -0.05) is 11.6 Å². The van der Waals surface area contributed by atoms with Crippen LogP contribution in [0.15, 0.2) is 24.4 Å². The van der Waals surface area contributed by atoms with Crippen LogP contribution in [0.1, 0.15) is 0 Å². The van der Waals surface area contributed by atoms with Crippen LogP contribution in [0.4, 0.5) is 0 Å². The molecule has 0 spiro atoms. The standard InChI is InChI=1S/C8H4ClN2/c9-8-2-1-6-3-4-10-5-7(6)11-8/h1-3,5H. The van der Waals surface area contributed by atoms with Crippen molar-refractivity contribution in [3.05, 3.63) is 35.7 Å². The highest BCUT2D eigenvalue weighted by Gasteiger charge is 1.93. The lowest BCUT2D eigenvalue weighted by Gasteiger charge is -1.93. The molecule has 0 N–H and O–H groups in total. The number of rotatable bonds is 0. The number of aromatic nitrogens is 2. The maximum atomic E-state index is 5.67. The molecular formula is C8H4ClN2. The van der Waals surface area contributed by atoms with Gasteiger partial charge < -0.3 is 0 Å². The first-order valence-corrected chi connectivity index (χ1v) is 3.52. The average Bonchev–Trinajstić information content (AvgIpc) is 2.04. The zero-order chi connectivity index (χ0) is 7.68. The molecule has 11 heavy (non-hydrogen) atoms. The molecule has 0 unspecified atom stereocenters. The summed E-state index contributed by atoms with van der Waals surface area (Å²) in [6.45, 7) is 0. The van der Waals surface area contributed by atoms with E-state index in [0.717, 1.165) is 10.9 Å². The van der Waals surface area contributed by atoms with E-state index >= 15 is 0 Å². The highest BCUT2D eigenvalue weighted by molar-refractivity contribution is 6.29. The highest BCUT2D eigenvalue weighted by atomic mass is 35.5. The maximum Gasteiger partial charge on any atom is 0.129 e. The minimum absolute atomic E-state index is 0.491. The lowest BCUT2D eigenvalue weighted by Crippen LogP contribution is -1.79. The van der Waals surface area contributed by atoms with Crippen LogP contribution in [0.3, 0.4) is 0 Å². The Kier molecular flexibility index (Phi) is 1.47. The second-order valence-electron chi connectivity index (χ2n) is 2.14. The van der Waals surface area contributed by atoms with E-state index in [-0.39, 0.29) is 0 Å². The first kappa shape index (κ1) is 6.55. The van der Waals surface area contributed by atoms with Crippen molar-refractivity contribution in [2.24, 2.45) is 0 Å². The van der Waals surface area contributed by atoms with Gasteiger partial charge >= 0.3 is 0 Å². The second kappa shape index (κ2) is 2.47. The molecule has 0 bridgehead atoms. The predicted octanol–water partition coefficient (Wildman–Crippen LogP) is 2.08. The van der Waals surface area contributed by atoms with Crippen LogP contribution in [0.5, 0.6) is 0 Å². The summed E-state index contributed by atoms with van der Waals surface area (Å²) in [6, 6.07) is 5.42. The monoisotopic (exact) mass is 163 g/mol. The normalized spacial score (nSPS) is 10.3. The van der Waals surface area contributed by atoms with Crippen LogP contribution in [-0.2, 0) is 0 Å². The Morgan fingerprint density at radius 3 is 3.18 bits per heavy atom. The van der Waals surface area contributed by atoms with E-state index in [0.29, 0.717) is 5.15 Å². The Balaban J connectivity index is 2.83. The highest BCUT2D eigenvalue weighted by Crippen LogP contribution is 2.12. The van der Waals surface area contributed by atoms with Crippen LogP contribution >= 0.6 is 11.6 Å². The Labute approximate surface area is 68.9 Å². The molecule has 53 valence electrons. The number of fused-ring (bicyclic) bond motifs is 1. The number of nitrogens with zero attached hydrogens (tertiary/aromatic N) is 2. The Morgan fingerprint density at radius 1 is 1.36 bits per heavy atom. The molecular weight excluding hydrogens is 160 g/mol. The second-order valence-corrected chi connectivity index (χ2v) is 2.53. The molecule has 2 heterocycles. The summed E-state index contributed by atoms with van der Waals surface area (Å²) in [5, 5.41) is 1.50. The van der Waals surface area contributed by atoms with Crippen molar-refractivity contribution in [3.63, 3.8) is 0 Å². The fourth-order valence-electron chi connectivity index (χ4n) is 0.891. The third-order valence-electron chi connectivity index (χ3n) is 1.40. The van der Waals surface area contributed by atoms with Gasteiger partial charge in [-0.05, 0) is 18.2 Å². The van der Waals surface area contributed by atoms with Gasteiger partial charge in [0.1, 0.15) is 5.15 Å². The minimum Gasteiger partial charge on any atom is -0.252 e. The van der Waals surface area contributed by atoms with Crippen LogP contribution in [0, 0.1) is 6.20 Å². The van der Waals surface area contributed by atoms with Crippen molar-refractivity contribution in [3.8, 4) is 0 Å². The largest absolute Gasteiger partial charge is 0.252 e. The van der Waals surface area contributed by atoms with E-state index in [9.17, 15) is 0 Å². The molecule has 2 aromatic rings. The van der Waals surface area contributed by atoms with Crippen LogP contribution < -0.4 is 0 Å². The minimum atomic E-state index is 0.491. The van der Waals surface area contributed by atoms with Crippen molar-refractivity contribution in [1.82, 2.24) is 9.97 Å². The smallest absolute Gasteiger partial charge is 0.129 e. The van der Waals surface area contributed by atoms with E-state index in [1.807, 2.05) is 6.07 Å². The van der Waals surface area contributed by atoms with Crippen molar-refractivity contribution >= 4 is 22.5 Å². The van der Waals surface area contributed by atoms with Gasteiger partial charge in [0.05, 0.1) is 17.9 Å². The van der Waals surface area contributed by atoms with Gasteiger partial charge in [0.25, 0.3) is 0 Å². The third kappa shape index (κ3) is 1.17. The molecule has 0 fully saturated rings. The fourth-order valence-corrected chi connectivity index (χ4v) is 1.05. The van der Waals surface area contributed by atoms with E-state index in [1.165, 1.54) is 0 Å².